The van der Waals surface area contributed by atoms with Gasteiger partial charge in [0, 0.05) is 6.61 Å². The average Bonchev–Trinajstić information content (AvgIpc) is 2.28. The number of rotatable bonds is 5. The van der Waals surface area contributed by atoms with Crippen LogP contribution in [0.2, 0.25) is 0 Å². The van der Waals surface area contributed by atoms with E-state index in [9.17, 15) is 0 Å². The Morgan fingerprint density at radius 2 is 1.78 bits per heavy atom. The monoisotopic (exact) mass is 255 g/mol. The second kappa shape index (κ2) is 6.38. The zero-order valence-corrected chi connectivity index (χ0v) is 13.1. The summed E-state index contributed by atoms with van der Waals surface area (Å²) in [6, 6.07) is 0. The summed E-state index contributed by atoms with van der Waals surface area (Å²) in [5, 5.41) is 0. The van der Waals surface area contributed by atoms with E-state index in [1.54, 1.807) is 0 Å². The van der Waals surface area contributed by atoms with Crippen LogP contribution in [0, 0.1) is 17.3 Å². The second-order valence-electron chi connectivity index (χ2n) is 7.50. The molecule has 0 aromatic rings. The molecule has 0 atom stereocenters. The highest BCUT2D eigenvalue weighted by Gasteiger charge is 2.34. The van der Waals surface area contributed by atoms with Crippen LogP contribution in [0.3, 0.4) is 0 Å². The predicted octanol–water partition coefficient (Wildman–Crippen LogP) is 3.98. The van der Waals surface area contributed by atoms with Gasteiger partial charge in [0.25, 0.3) is 0 Å². The maximum atomic E-state index is 6.05. The molecule has 0 spiro atoms. The van der Waals surface area contributed by atoms with Gasteiger partial charge in [-0.15, -0.1) is 0 Å². The van der Waals surface area contributed by atoms with Gasteiger partial charge in [0.2, 0.25) is 0 Å². The lowest BCUT2D eigenvalue weighted by molar-refractivity contribution is -0.0255. The van der Waals surface area contributed by atoms with Gasteiger partial charge in [0.05, 0.1) is 5.60 Å². The molecule has 2 N–H and O–H groups in total. The Morgan fingerprint density at radius 3 is 2.17 bits per heavy atom. The van der Waals surface area contributed by atoms with Gasteiger partial charge in [0.1, 0.15) is 0 Å². The summed E-state index contributed by atoms with van der Waals surface area (Å²) in [5.41, 5.74) is 6.39. The highest BCUT2D eigenvalue weighted by Crippen LogP contribution is 2.43. The molecule has 0 unspecified atom stereocenters. The van der Waals surface area contributed by atoms with Crippen molar-refractivity contribution in [1.29, 1.82) is 0 Å². The van der Waals surface area contributed by atoms with E-state index in [4.69, 9.17) is 10.5 Å². The first-order valence-corrected chi connectivity index (χ1v) is 7.62. The van der Waals surface area contributed by atoms with Gasteiger partial charge < -0.3 is 10.5 Å². The second-order valence-corrected chi connectivity index (χ2v) is 7.50. The topological polar surface area (TPSA) is 35.2 Å². The van der Waals surface area contributed by atoms with Crippen LogP contribution in [0.25, 0.3) is 0 Å². The fourth-order valence-corrected chi connectivity index (χ4v) is 3.05. The SMILES string of the molecule is CC(C)C1CCC(CN)(CCOC(C)(C)C)CC1. The van der Waals surface area contributed by atoms with Gasteiger partial charge in [-0.1, -0.05) is 13.8 Å². The van der Waals surface area contributed by atoms with E-state index in [-0.39, 0.29) is 5.60 Å². The Hall–Kier alpha value is -0.0800. The van der Waals surface area contributed by atoms with Crippen LogP contribution in [0.4, 0.5) is 0 Å². The molecule has 1 aliphatic carbocycles. The lowest BCUT2D eigenvalue weighted by atomic mass is 9.66. The standard InChI is InChI=1S/C16H33NO/c1-13(2)14-6-8-16(12-17,9-7-14)10-11-18-15(3,4)5/h13-14H,6-12,17H2,1-5H3. The third-order valence-electron chi connectivity index (χ3n) is 4.63. The number of ether oxygens (including phenoxy) is 1. The average molecular weight is 255 g/mol. The third-order valence-corrected chi connectivity index (χ3v) is 4.63. The molecule has 0 saturated heterocycles. The minimum atomic E-state index is -0.0229. The molecule has 2 heteroatoms. The zero-order valence-electron chi connectivity index (χ0n) is 13.1. The third kappa shape index (κ3) is 4.89. The van der Waals surface area contributed by atoms with Crippen molar-refractivity contribution in [3.63, 3.8) is 0 Å². The summed E-state index contributed by atoms with van der Waals surface area (Å²) in [6.07, 6.45) is 6.42. The van der Waals surface area contributed by atoms with E-state index in [0.717, 1.165) is 31.4 Å². The van der Waals surface area contributed by atoms with Crippen molar-refractivity contribution < 1.29 is 4.74 Å². The summed E-state index contributed by atoms with van der Waals surface area (Å²) in [7, 11) is 0. The van der Waals surface area contributed by atoms with E-state index in [1.807, 2.05) is 0 Å². The molecular formula is C16H33NO. The molecule has 108 valence electrons. The molecule has 0 bridgehead atoms. The van der Waals surface area contributed by atoms with E-state index >= 15 is 0 Å². The van der Waals surface area contributed by atoms with Crippen molar-refractivity contribution in [2.24, 2.45) is 23.0 Å². The normalized spacial score (nSPS) is 29.8. The molecule has 1 fully saturated rings. The van der Waals surface area contributed by atoms with Gasteiger partial charge in [0.15, 0.2) is 0 Å². The van der Waals surface area contributed by atoms with Gasteiger partial charge in [-0.05, 0) is 76.7 Å². The van der Waals surface area contributed by atoms with Crippen LogP contribution in [0.15, 0.2) is 0 Å². The number of hydrogen-bond acceptors (Lipinski definition) is 2. The fraction of sp³-hybridized carbons (Fsp3) is 1.00. The molecule has 0 aromatic heterocycles. The number of hydrogen-bond donors (Lipinski definition) is 1. The summed E-state index contributed by atoms with van der Waals surface area (Å²) in [6.45, 7) is 12.7. The Bertz CT molecular complexity index is 234. The lowest BCUT2D eigenvalue weighted by Gasteiger charge is -2.41. The Labute approximate surface area is 114 Å². The minimum Gasteiger partial charge on any atom is -0.376 e. The summed E-state index contributed by atoms with van der Waals surface area (Å²) >= 11 is 0. The molecule has 1 rings (SSSR count). The Morgan fingerprint density at radius 1 is 1.22 bits per heavy atom. The Balaban J connectivity index is 2.41. The van der Waals surface area contributed by atoms with Crippen LogP contribution in [0.1, 0.15) is 66.7 Å². The molecule has 1 aliphatic rings. The highest BCUT2D eigenvalue weighted by molar-refractivity contribution is 4.87. The zero-order chi connectivity index (χ0) is 13.8. The molecule has 18 heavy (non-hydrogen) atoms. The molecule has 0 heterocycles. The largest absolute Gasteiger partial charge is 0.376 e. The molecule has 0 amide bonds. The molecular weight excluding hydrogens is 222 g/mol. The molecule has 2 nitrogen and oxygen atoms in total. The van der Waals surface area contributed by atoms with Gasteiger partial charge in [-0.3, -0.25) is 0 Å². The molecule has 0 aliphatic heterocycles. The van der Waals surface area contributed by atoms with Crippen molar-refractivity contribution in [1.82, 2.24) is 0 Å². The minimum absolute atomic E-state index is 0.0229. The first-order chi connectivity index (χ1) is 8.28. The first kappa shape index (κ1) is 16.0. The van der Waals surface area contributed by atoms with Gasteiger partial charge in [-0.25, -0.2) is 0 Å². The maximum Gasteiger partial charge on any atom is 0.0598 e. The fourth-order valence-electron chi connectivity index (χ4n) is 3.05. The van der Waals surface area contributed by atoms with Crippen LogP contribution < -0.4 is 5.73 Å². The van der Waals surface area contributed by atoms with E-state index in [1.165, 1.54) is 25.7 Å². The Kier molecular flexibility index (Phi) is 5.67. The van der Waals surface area contributed by atoms with Gasteiger partial charge >= 0.3 is 0 Å². The predicted molar refractivity (Wildman–Crippen MR) is 78.6 cm³/mol. The highest BCUT2D eigenvalue weighted by atomic mass is 16.5. The van der Waals surface area contributed by atoms with Crippen LogP contribution in [0.5, 0.6) is 0 Å². The van der Waals surface area contributed by atoms with Crippen molar-refractivity contribution in [2.45, 2.75) is 72.3 Å². The van der Waals surface area contributed by atoms with Crippen molar-refractivity contribution >= 4 is 0 Å². The first-order valence-electron chi connectivity index (χ1n) is 7.62. The quantitative estimate of drug-likeness (QED) is 0.806. The summed E-state index contributed by atoms with van der Waals surface area (Å²) < 4.78 is 5.88. The van der Waals surface area contributed by atoms with Crippen LogP contribution >= 0.6 is 0 Å². The molecule has 0 radical (unpaired) electrons. The van der Waals surface area contributed by atoms with E-state index in [2.05, 4.69) is 34.6 Å². The molecule has 1 saturated carbocycles. The number of nitrogens with two attached hydrogens (primary N) is 1. The van der Waals surface area contributed by atoms with Crippen molar-refractivity contribution in [3.05, 3.63) is 0 Å². The summed E-state index contributed by atoms with van der Waals surface area (Å²) in [4.78, 5) is 0. The van der Waals surface area contributed by atoms with Crippen LogP contribution in [-0.4, -0.2) is 18.8 Å². The smallest absolute Gasteiger partial charge is 0.0598 e. The molecule has 0 aromatic carbocycles. The summed E-state index contributed by atoms with van der Waals surface area (Å²) in [5.74, 6) is 1.74. The van der Waals surface area contributed by atoms with Gasteiger partial charge in [-0.2, -0.15) is 0 Å². The van der Waals surface area contributed by atoms with Crippen molar-refractivity contribution in [2.75, 3.05) is 13.2 Å². The lowest BCUT2D eigenvalue weighted by Crippen LogP contribution is -2.37. The van der Waals surface area contributed by atoms with Crippen LogP contribution in [-0.2, 0) is 4.74 Å². The van der Waals surface area contributed by atoms with E-state index < -0.39 is 0 Å². The van der Waals surface area contributed by atoms with Crippen molar-refractivity contribution in [3.8, 4) is 0 Å². The maximum absolute atomic E-state index is 6.05. The van der Waals surface area contributed by atoms with E-state index in [0.29, 0.717) is 5.41 Å².